The zero-order valence-corrected chi connectivity index (χ0v) is 5.51. The van der Waals surface area contributed by atoms with Crippen LogP contribution in [0.25, 0.3) is 0 Å². The molecule has 1 rings (SSSR count). The van der Waals surface area contributed by atoms with Gasteiger partial charge in [-0.1, -0.05) is 0 Å². The molecule has 0 aliphatic heterocycles. The Morgan fingerprint density at radius 2 is 1.89 bits per heavy atom. The third-order valence-corrected chi connectivity index (χ3v) is 0.761. The molecule has 1 N–H and O–H groups in total. The molecule has 0 amide bonds. The molecule has 1 heterocycles. The average molecular weight is 147 g/mol. The van der Waals surface area contributed by atoms with Gasteiger partial charge in [0.25, 0.3) is 0 Å². The standard InChI is InChI=1S/C5H6N2O.ClH/c8-4-5-6-2-1-3-7-5;/h1-3,8H,4H2;1H. The van der Waals surface area contributed by atoms with Crippen LogP contribution in [0.2, 0.25) is 0 Å². The van der Waals surface area contributed by atoms with Crippen molar-refractivity contribution in [3.05, 3.63) is 24.3 Å². The molecule has 0 aliphatic carbocycles. The van der Waals surface area contributed by atoms with E-state index in [4.69, 9.17) is 5.11 Å². The lowest BCUT2D eigenvalue weighted by molar-refractivity contribution is 0.271. The minimum absolute atomic E-state index is 0. The van der Waals surface area contributed by atoms with Gasteiger partial charge in [0.2, 0.25) is 0 Å². The molecule has 1 aromatic heterocycles. The SMILES string of the molecule is Cl.OCc1ncccn1. The molecule has 1 aromatic rings. The first-order valence-corrected chi connectivity index (χ1v) is 2.30. The van der Waals surface area contributed by atoms with E-state index in [1.54, 1.807) is 18.5 Å². The summed E-state index contributed by atoms with van der Waals surface area (Å²) in [5.41, 5.74) is 0. The van der Waals surface area contributed by atoms with Gasteiger partial charge >= 0.3 is 0 Å². The summed E-state index contributed by atoms with van der Waals surface area (Å²) < 4.78 is 0. The van der Waals surface area contributed by atoms with E-state index < -0.39 is 0 Å². The van der Waals surface area contributed by atoms with Gasteiger partial charge in [0, 0.05) is 12.4 Å². The van der Waals surface area contributed by atoms with Crippen LogP contribution in [-0.2, 0) is 6.61 Å². The van der Waals surface area contributed by atoms with Crippen LogP contribution in [0.5, 0.6) is 0 Å². The van der Waals surface area contributed by atoms with E-state index in [1.165, 1.54) is 0 Å². The Morgan fingerprint density at radius 3 is 2.22 bits per heavy atom. The van der Waals surface area contributed by atoms with Crippen LogP contribution >= 0.6 is 12.4 Å². The molecule has 0 unspecified atom stereocenters. The first-order valence-electron chi connectivity index (χ1n) is 2.30. The third-order valence-electron chi connectivity index (χ3n) is 0.761. The summed E-state index contributed by atoms with van der Waals surface area (Å²) >= 11 is 0. The summed E-state index contributed by atoms with van der Waals surface area (Å²) in [6.45, 7) is -0.0825. The number of nitrogens with zero attached hydrogens (tertiary/aromatic N) is 2. The first kappa shape index (κ1) is 8.33. The molecule has 0 aliphatic rings. The fourth-order valence-corrected chi connectivity index (χ4v) is 0.412. The lowest BCUT2D eigenvalue weighted by atomic mass is 10.6. The van der Waals surface area contributed by atoms with Crippen LogP contribution in [0.4, 0.5) is 0 Å². The monoisotopic (exact) mass is 146 g/mol. The van der Waals surface area contributed by atoms with Crippen molar-refractivity contribution in [3.8, 4) is 0 Å². The summed E-state index contributed by atoms with van der Waals surface area (Å²) in [4.78, 5) is 7.47. The van der Waals surface area contributed by atoms with Crippen molar-refractivity contribution in [1.29, 1.82) is 0 Å². The topological polar surface area (TPSA) is 46.0 Å². The number of halogens is 1. The van der Waals surface area contributed by atoms with Gasteiger partial charge in [-0.15, -0.1) is 12.4 Å². The molecule has 0 fully saturated rings. The second-order valence-electron chi connectivity index (χ2n) is 1.32. The van der Waals surface area contributed by atoms with Crippen molar-refractivity contribution in [2.24, 2.45) is 0 Å². The fourth-order valence-electron chi connectivity index (χ4n) is 0.412. The number of aliphatic hydroxyl groups excluding tert-OH is 1. The van der Waals surface area contributed by atoms with Crippen LogP contribution in [0.3, 0.4) is 0 Å². The van der Waals surface area contributed by atoms with Crippen molar-refractivity contribution in [3.63, 3.8) is 0 Å². The summed E-state index contributed by atoms with van der Waals surface area (Å²) in [5.74, 6) is 0.465. The average Bonchev–Trinajstić information content (AvgIpc) is 1.90. The molecule has 0 saturated heterocycles. The Kier molecular flexibility index (Phi) is 3.92. The maximum Gasteiger partial charge on any atom is 0.153 e. The highest BCUT2D eigenvalue weighted by Crippen LogP contribution is 1.83. The van der Waals surface area contributed by atoms with Gasteiger partial charge < -0.3 is 5.11 Å². The Hall–Kier alpha value is -0.670. The van der Waals surface area contributed by atoms with Crippen molar-refractivity contribution in [2.75, 3.05) is 0 Å². The molecule has 0 atom stereocenters. The minimum Gasteiger partial charge on any atom is -0.388 e. The summed E-state index contributed by atoms with van der Waals surface area (Å²) in [6, 6.07) is 1.71. The number of rotatable bonds is 1. The minimum atomic E-state index is -0.0825. The Labute approximate surface area is 59.2 Å². The number of aromatic nitrogens is 2. The lowest BCUT2D eigenvalue weighted by Gasteiger charge is -1.87. The highest BCUT2D eigenvalue weighted by molar-refractivity contribution is 5.85. The quantitative estimate of drug-likeness (QED) is 0.624. The van der Waals surface area contributed by atoms with E-state index in [0.29, 0.717) is 5.82 Å². The highest BCUT2D eigenvalue weighted by Gasteiger charge is 1.84. The maximum absolute atomic E-state index is 8.41. The largest absolute Gasteiger partial charge is 0.388 e. The lowest BCUT2D eigenvalue weighted by Crippen LogP contribution is -1.90. The van der Waals surface area contributed by atoms with Crippen LogP contribution in [0.1, 0.15) is 5.82 Å². The second kappa shape index (κ2) is 4.23. The zero-order chi connectivity index (χ0) is 5.82. The van der Waals surface area contributed by atoms with Crippen molar-refractivity contribution < 1.29 is 5.11 Å². The summed E-state index contributed by atoms with van der Waals surface area (Å²) in [5, 5.41) is 8.41. The molecule has 50 valence electrons. The number of hydrogen-bond acceptors (Lipinski definition) is 3. The van der Waals surface area contributed by atoms with Crippen LogP contribution in [0.15, 0.2) is 18.5 Å². The molecule has 4 heteroatoms. The molecule has 3 nitrogen and oxygen atoms in total. The Balaban J connectivity index is 0.000000640. The normalized spacial score (nSPS) is 8.11. The molecule has 0 saturated carbocycles. The molecule has 0 aromatic carbocycles. The molecular weight excluding hydrogens is 140 g/mol. The molecular formula is C5H7ClN2O. The first-order chi connectivity index (χ1) is 3.93. The molecule has 9 heavy (non-hydrogen) atoms. The van der Waals surface area contributed by atoms with Gasteiger partial charge in [-0.3, -0.25) is 0 Å². The van der Waals surface area contributed by atoms with Gasteiger partial charge in [-0.25, -0.2) is 9.97 Å². The molecule has 0 radical (unpaired) electrons. The van der Waals surface area contributed by atoms with Gasteiger partial charge in [-0.2, -0.15) is 0 Å². The van der Waals surface area contributed by atoms with Crippen molar-refractivity contribution in [1.82, 2.24) is 9.97 Å². The van der Waals surface area contributed by atoms with Crippen molar-refractivity contribution >= 4 is 12.4 Å². The second-order valence-corrected chi connectivity index (χ2v) is 1.32. The summed E-state index contributed by atoms with van der Waals surface area (Å²) in [7, 11) is 0. The van der Waals surface area contributed by atoms with E-state index >= 15 is 0 Å². The van der Waals surface area contributed by atoms with Crippen molar-refractivity contribution in [2.45, 2.75) is 6.61 Å². The van der Waals surface area contributed by atoms with E-state index in [1.807, 2.05) is 0 Å². The zero-order valence-electron chi connectivity index (χ0n) is 4.69. The Morgan fingerprint density at radius 1 is 1.33 bits per heavy atom. The number of hydrogen-bond donors (Lipinski definition) is 1. The van der Waals surface area contributed by atoms with Crippen LogP contribution < -0.4 is 0 Å². The van der Waals surface area contributed by atoms with Gasteiger partial charge in [0.15, 0.2) is 5.82 Å². The predicted molar refractivity (Wildman–Crippen MR) is 35.2 cm³/mol. The smallest absolute Gasteiger partial charge is 0.153 e. The van der Waals surface area contributed by atoms with Crippen LogP contribution in [0, 0.1) is 0 Å². The maximum atomic E-state index is 8.41. The summed E-state index contributed by atoms with van der Waals surface area (Å²) in [6.07, 6.45) is 3.19. The number of aliphatic hydroxyl groups is 1. The Bertz CT molecular complexity index is 156. The fraction of sp³-hybridized carbons (Fsp3) is 0.200. The van der Waals surface area contributed by atoms with E-state index in [-0.39, 0.29) is 19.0 Å². The van der Waals surface area contributed by atoms with Crippen LogP contribution in [-0.4, -0.2) is 15.1 Å². The third kappa shape index (κ3) is 2.39. The highest BCUT2D eigenvalue weighted by atomic mass is 35.5. The van der Waals surface area contributed by atoms with Gasteiger partial charge in [-0.05, 0) is 6.07 Å². The van der Waals surface area contributed by atoms with E-state index in [9.17, 15) is 0 Å². The molecule has 0 bridgehead atoms. The van der Waals surface area contributed by atoms with Gasteiger partial charge in [0.05, 0.1) is 0 Å². The van der Waals surface area contributed by atoms with Gasteiger partial charge in [0.1, 0.15) is 6.61 Å². The van der Waals surface area contributed by atoms with E-state index in [0.717, 1.165) is 0 Å². The molecule has 0 spiro atoms. The van der Waals surface area contributed by atoms with E-state index in [2.05, 4.69) is 9.97 Å². The predicted octanol–water partition coefficient (Wildman–Crippen LogP) is 0.391.